The van der Waals surface area contributed by atoms with Gasteiger partial charge in [0.1, 0.15) is 29.7 Å². The average Bonchev–Trinajstić information content (AvgIpc) is 2.54. The van der Waals surface area contributed by atoms with Crippen molar-refractivity contribution in [3.8, 4) is 11.5 Å². The molecule has 0 saturated heterocycles. The highest BCUT2D eigenvalue weighted by atomic mass is 35.5. The Labute approximate surface area is 146 Å². The van der Waals surface area contributed by atoms with Gasteiger partial charge >= 0.3 is 0 Å². The fourth-order valence-electron chi connectivity index (χ4n) is 2.09. The Morgan fingerprint density at radius 1 is 1.13 bits per heavy atom. The van der Waals surface area contributed by atoms with Crippen molar-refractivity contribution in [3.63, 3.8) is 0 Å². The number of thiocarbonyl (C=S) groups is 1. The fraction of sp³-hybridized carbons (Fsp3) is 0.167. The van der Waals surface area contributed by atoms with Gasteiger partial charge in [0.05, 0.1) is 5.56 Å². The van der Waals surface area contributed by atoms with Gasteiger partial charge in [-0.1, -0.05) is 48.1 Å². The van der Waals surface area contributed by atoms with Crippen molar-refractivity contribution in [2.24, 2.45) is 5.73 Å². The monoisotopic (exact) mass is 347 g/mol. The maximum Gasteiger partial charge on any atom is 0.129 e. The molecular weight excluding hydrogens is 330 g/mol. The standard InChI is InChI=1S/C18H18ClNO2S/c1-2-5-13-6-3-4-7-16(13)21-10-11-22-17-9-8-14(19)12-15(17)18(20)23/h2-4,6-9,12H,1,5,10-11H2,(H2,20,23). The number of benzene rings is 2. The van der Waals surface area contributed by atoms with Crippen LogP contribution < -0.4 is 15.2 Å². The van der Waals surface area contributed by atoms with Crippen LogP contribution in [0, 0.1) is 0 Å². The van der Waals surface area contributed by atoms with E-state index in [9.17, 15) is 0 Å². The Balaban J connectivity index is 1.94. The van der Waals surface area contributed by atoms with Gasteiger partial charge in [-0.2, -0.15) is 0 Å². The van der Waals surface area contributed by atoms with E-state index < -0.39 is 0 Å². The van der Waals surface area contributed by atoms with Crippen molar-refractivity contribution in [3.05, 3.63) is 71.3 Å². The van der Waals surface area contributed by atoms with Crippen LogP contribution in [-0.4, -0.2) is 18.2 Å². The molecular formula is C18H18ClNO2S. The predicted molar refractivity (Wildman–Crippen MR) is 98.7 cm³/mol. The van der Waals surface area contributed by atoms with E-state index in [1.54, 1.807) is 18.2 Å². The molecule has 0 unspecified atom stereocenters. The average molecular weight is 348 g/mol. The van der Waals surface area contributed by atoms with Crippen LogP contribution in [0.25, 0.3) is 0 Å². The molecule has 120 valence electrons. The minimum atomic E-state index is 0.250. The van der Waals surface area contributed by atoms with E-state index in [1.807, 2.05) is 30.3 Å². The molecule has 0 aliphatic rings. The molecule has 0 atom stereocenters. The molecule has 0 aliphatic heterocycles. The summed E-state index contributed by atoms with van der Waals surface area (Å²) >= 11 is 11.0. The quantitative estimate of drug-likeness (QED) is 0.442. The molecule has 23 heavy (non-hydrogen) atoms. The van der Waals surface area contributed by atoms with E-state index in [4.69, 9.17) is 39.0 Å². The number of halogens is 1. The van der Waals surface area contributed by atoms with Crippen LogP contribution in [0.15, 0.2) is 55.1 Å². The first kappa shape index (κ1) is 17.3. The summed E-state index contributed by atoms with van der Waals surface area (Å²) in [5.41, 5.74) is 7.40. The molecule has 0 aliphatic carbocycles. The van der Waals surface area contributed by atoms with Crippen LogP contribution in [0.5, 0.6) is 11.5 Å². The molecule has 2 aromatic rings. The molecule has 0 amide bonds. The lowest BCUT2D eigenvalue weighted by Crippen LogP contribution is -2.15. The summed E-state index contributed by atoms with van der Waals surface area (Å²) in [6, 6.07) is 13.0. The van der Waals surface area contributed by atoms with Crippen LogP contribution in [0.3, 0.4) is 0 Å². The number of allylic oxidation sites excluding steroid dienone is 1. The Morgan fingerprint density at radius 2 is 1.83 bits per heavy atom. The minimum Gasteiger partial charge on any atom is -0.490 e. The van der Waals surface area contributed by atoms with Gasteiger partial charge in [0.25, 0.3) is 0 Å². The van der Waals surface area contributed by atoms with Crippen molar-refractivity contribution in [1.82, 2.24) is 0 Å². The lowest BCUT2D eigenvalue weighted by atomic mass is 10.1. The maximum absolute atomic E-state index is 5.95. The Hall–Kier alpha value is -2.04. The molecule has 0 radical (unpaired) electrons. The van der Waals surface area contributed by atoms with Crippen molar-refractivity contribution in [2.75, 3.05) is 13.2 Å². The first-order valence-electron chi connectivity index (χ1n) is 7.15. The summed E-state index contributed by atoms with van der Waals surface area (Å²) in [7, 11) is 0. The summed E-state index contributed by atoms with van der Waals surface area (Å²) in [4.78, 5) is 0.250. The zero-order valence-electron chi connectivity index (χ0n) is 12.6. The first-order valence-corrected chi connectivity index (χ1v) is 7.94. The highest BCUT2D eigenvalue weighted by Gasteiger charge is 2.08. The van der Waals surface area contributed by atoms with Gasteiger partial charge in [0.15, 0.2) is 0 Å². The second-order valence-electron chi connectivity index (χ2n) is 4.80. The largest absolute Gasteiger partial charge is 0.490 e. The number of nitrogens with two attached hydrogens (primary N) is 1. The molecule has 0 saturated carbocycles. The van der Waals surface area contributed by atoms with Gasteiger partial charge in [-0.3, -0.25) is 0 Å². The second-order valence-corrected chi connectivity index (χ2v) is 5.68. The lowest BCUT2D eigenvalue weighted by Gasteiger charge is -2.13. The summed E-state index contributed by atoms with van der Waals surface area (Å²) in [6.07, 6.45) is 2.61. The molecule has 0 aromatic heterocycles. The molecule has 5 heteroatoms. The van der Waals surface area contributed by atoms with Crippen LogP contribution in [0.2, 0.25) is 5.02 Å². The van der Waals surface area contributed by atoms with Crippen LogP contribution in [0.4, 0.5) is 0 Å². The van der Waals surface area contributed by atoms with E-state index in [0.717, 1.165) is 17.7 Å². The number of para-hydroxylation sites is 1. The number of hydrogen-bond donors (Lipinski definition) is 1. The third-order valence-corrected chi connectivity index (χ3v) is 3.60. The van der Waals surface area contributed by atoms with Gasteiger partial charge in [-0.25, -0.2) is 0 Å². The van der Waals surface area contributed by atoms with Crippen molar-refractivity contribution < 1.29 is 9.47 Å². The van der Waals surface area contributed by atoms with E-state index in [1.165, 1.54) is 0 Å². The van der Waals surface area contributed by atoms with Crippen LogP contribution in [-0.2, 0) is 6.42 Å². The summed E-state index contributed by atoms with van der Waals surface area (Å²) in [5.74, 6) is 1.44. The highest BCUT2D eigenvalue weighted by Crippen LogP contribution is 2.23. The normalized spacial score (nSPS) is 10.1. The van der Waals surface area contributed by atoms with Gasteiger partial charge in [0.2, 0.25) is 0 Å². The molecule has 0 spiro atoms. The molecule has 0 heterocycles. The fourth-order valence-corrected chi connectivity index (χ4v) is 2.42. The molecule has 2 aromatic carbocycles. The zero-order valence-corrected chi connectivity index (χ0v) is 14.2. The third-order valence-electron chi connectivity index (χ3n) is 3.14. The predicted octanol–water partition coefficient (Wildman–Crippen LogP) is 4.16. The van der Waals surface area contributed by atoms with Gasteiger partial charge < -0.3 is 15.2 Å². The van der Waals surface area contributed by atoms with E-state index in [0.29, 0.717) is 29.5 Å². The van der Waals surface area contributed by atoms with Gasteiger partial charge in [-0.15, -0.1) is 6.58 Å². The van der Waals surface area contributed by atoms with Crippen molar-refractivity contribution in [1.29, 1.82) is 0 Å². The van der Waals surface area contributed by atoms with Crippen molar-refractivity contribution in [2.45, 2.75) is 6.42 Å². The van der Waals surface area contributed by atoms with E-state index >= 15 is 0 Å². The SMILES string of the molecule is C=CCc1ccccc1OCCOc1ccc(Cl)cc1C(N)=S. The van der Waals surface area contributed by atoms with E-state index in [-0.39, 0.29) is 4.99 Å². The maximum atomic E-state index is 5.95. The molecule has 2 rings (SSSR count). The molecule has 2 N–H and O–H groups in total. The van der Waals surface area contributed by atoms with Gasteiger partial charge in [-0.05, 0) is 36.2 Å². The topological polar surface area (TPSA) is 44.5 Å². The summed E-state index contributed by atoms with van der Waals surface area (Å²) < 4.78 is 11.5. The Bertz CT molecular complexity index is 703. The van der Waals surface area contributed by atoms with Gasteiger partial charge in [0, 0.05) is 5.02 Å². The Morgan fingerprint density at radius 3 is 2.52 bits per heavy atom. The molecule has 3 nitrogen and oxygen atoms in total. The lowest BCUT2D eigenvalue weighted by molar-refractivity contribution is 0.216. The zero-order chi connectivity index (χ0) is 16.7. The van der Waals surface area contributed by atoms with Crippen LogP contribution >= 0.6 is 23.8 Å². The number of hydrogen-bond acceptors (Lipinski definition) is 3. The number of rotatable bonds is 8. The number of ether oxygens (including phenoxy) is 2. The minimum absolute atomic E-state index is 0.250. The third kappa shape index (κ3) is 4.98. The smallest absolute Gasteiger partial charge is 0.129 e. The second kappa shape index (κ2) is 8.56. The summed E-state index contributed by atoms with van der Waals surface area (Å²) in [6.45, 7) is 4.54. The molecule has 0 bridgehead atoms. The van der Waals surface area contributed by atoms with Crippen LogP contribution in [0.1, 0.15) is 11.1 Å². The Kier molecular flexibility index (Phi) is 6.44. The van der Waals surface area contributed by atoms with Crippen molar-refractivity contribution >= 4 is 28.8 Å². The highest BCUT2D eigenvalue weighted by molar-refractivity contribution is 7.80. The molecule has 0 fully saturated rings. The van der Waals surface area contributed by atoms with E-state index in [2.05, 4.69) is 6.58 Å². The first-order chi connectivity index (χ1) is 11.1. The summed E-state index contributed by atoms with van der Waals surface area (Å²) in [5, 5.41) is 0.565.